The quantitative estimate of drug-likeness (QED) is 0.923. The number of pyridine rings is 1. The van der Waals surface area contributed by atoms with Crippen LogP contribution in [0, 0.1) is 6.92 Å². The number of aryl methyl sites for hydroxylation is 1. The van der Waals surface area contributed by atoms with E-state index in [1.165, 1.54) is 29.9 Å². The molecule has 3 rings (SSSR count). The molecule has 1 N–H and O–H groups in total. The fourth-order valence-electron chi connectivity index (χ4n) is 2.72. The van der Waals surface area contributed by atoms with E-state index >= 15 is 0 Å². The third kappa shape index (κ3) is 3.12. The van der Waals surface area contributed by atoms with Gasteiger partial charge in [-0.25, -0.2) is 4.98 Å². The fraction of sp³-hybridized carbons (Fsp3) is 0.688. The highest BCUT2D eigenvalue weighted by Crippen LogP contribution is 2.28. The molecule has 0 bridgehead atoms. The smallest absolute Gasteiger partial charge is 0.129 e. The zero-order valence-corrected chi connectivity index (χ0v) is 13.5. The molecule has 1 aliphatic heterocycles. The van der Waals surface area contributed by atoms with Gasteiger partial charge in [0.1, 0.15) is 5.82 Å². The largest absolute Gasteiger partial charge is 0.352 e. The van der Waals surface area contributed by atoms with Crippen molar-refractivity contribution in [2.45, 2.75) is 57.5 Å². The first-order valence-electron chi connectivity index (χ1n) is 7.73. The van der Waals surface area contributed by atoms with E-state index in [4.69, 9.17) is 4.98 Å². The standard InChI is InChI=1S/C16H25N3S/c1-11-14(10-17-15-5-6-15)4-7-16(18-11)19-8-9-20-13(3)12(19)2/h4,7,12-13,15,17H,5-6,8-10H2,1-3H3. The van der Waals surface area contributed by atoms with Crippen LogP contribution in [0.1, 0.15) is 37.9 Å². The van der Waals surface area contributed by atoms with Gasteiger partial charge in [-0.2, -0.15) is 11.8 Å². The molecule has 0 radical (unpaired) electrons. The molecule has 110 valence electrons. The van der Waals surface area contributed by atoms with E-state index in [9.17, 15) is 0 Å². The lowest BCUT2D eigenvalue weighted by Gasteiger charge is -2.38. The Morgan fingerprint density at radius 1 is 1.35 bits per heavy atom. The minimum atomic E-state index is 0.566. The Morgan fingerprint density at radius 3 is 2.85 bits per heavy atom. The Hall–Kier alpha value is -0.740. The van der Waals surface area contributed by atoms with Gasteiger partial charge < -0.3 is 10.2 Å². The molecular weight excluding hydrogens is 266 g/mol. The maximum absolute atomic E-state index is 4.86. The van der Waals surface area contributed by atoms with Gasteiger partial charge in [0.05, 0.1) is 0 Å². The van der Waals surface area contributed by atoms with Crippen molar-refractivity contribution >= 4 is 17.6 Å². The summed E-state index contributed by atoms with van der Waals surface area (Å²) >= 11 is 2.07. The van der Waals surface area contributed by atoms with E-state index in [-0.39, 0.29) is 0 Å². The van der Waals surface area contributed by atoms with E-state index in [1.54, 1.807) is 0 Å². The van der Waals surface area contributed by atoms with Gasteiger partial charge in [-0.1, -0.05) is 13.0 Å². The van der Waals surface area contributed by atoms with Crippen LogP contribution in [-0.2, 0) is 6.54 Å². The Labute approximate surface area is 126 Å². The second-order valence-electron chi connectivity index (χ2n) is 6.08. The summed E-state index contributed by atoms with van der Waals surface area (Å²) in [5.74, 6) is 2.36. The van der Waals surface area contributed by atoms with Gasteiger partial charge >= 0.3 is 0 Å². The molecule has 1 saturated heterocycles. The Kier molecular flexibility index (Phi) is 4.22. The SMILES string of the molecule is Cc1nc(N2CCSC(C)C2C)ccc1CNC1CC1. The normalized spacial score (nSPS) is 26.9. The molecule has 4 heteroatoms. The van der Waals surface area contributed by atoms with Gasteiger partial charge in [0.25, 0.3) is 0 Å². The first-order valence-corrected chi connectivity index (χ1v) is 8.78. The zero-order valence-electron chi connectivity index (χ0n) is 12.7. The molecule has 1 aliphatic carbocycles. The zero-order chi connectivity index (χ0) is 14.1. The molecule has 1 aromatic rings. The second-order valence-corrected chi connectivity index (χ2v) is 7.56. The van der Waals surface area contributed by atoms with Gasteiger partial charge in [0.2, 0.25) is 0 Å². The summed E-state index contributed by atoms with van der Waals surface area (Å²) in [4.78, 5) is 7.32. The van der Waals surface area contributed by atoms with Crippen molar-refractivity contribution in [3.8, 4) is 0 Å². The van der Waals surface area contributed by atoms with Crippen LogP contribution in [0.25, 0.3) is 0 Å². The molecule has 1 saturated carbocycles. The highest BCUT2D eigenvalue weighted by atomic mass is 32.2. The molecule has 20 heavy (non-hydrogen) atoms. The molecule has 2 heterocycles. The van der Waals surface area contributed by atoms with E-state index in [0.29, 0.717) is 11.3 Å². The molecule has 0 aromatic carbocycles. The summed E-state index contributed by atoms with van der Waals surface area (Å²) in [6.45, 7) is 8.85. The van der Waals surface area contributed by atoms with Gasteiger partial charge in [0, 0.05) is 41.9 Å². The average Bonchev–Trinajstić information content (AvgIpc) is 3.25. The predicted molar refractivity (Wildman–Crippen MR) is 87.6 cm³/mol. The number of nitrogens with one attached hydrogen (secondary N) is 1. The van der Waals surface area contributed by atoms with Crippen LogP contribution in [0.5, 0.6) is 0 Å². The monoisotopic (exact) mass is 291 g/mol. The lowest BCUT2D eigenvalue weighted by atomic mass is 10.1. The van der Waals surface area contributed by atoms with Crippen molar-refractivity contribution in [3.63, 3.8) is 0 Å². The molecular formula is C16H25N3S. The molecule has 2 fully saturated rings. The molecule has 1 aromatic heterocycles. The maximum atomic E-state index is 4.86. The lowest BCUT2D eigenvalue weighted by molar-refractivity contribution is 0.618. The summed E-state index contributed by atoms with van der Waals surface area (Å²) in [5, 5.41) is 4.25. The van der Waals surface area contributed by atoms with Crippen molar-refractivity contribution in [2.75, 3.05) is 17.2 Å². The highest BCUT2D eigenvalue weighted by Gasteiger charge is 2.26. The van der Waals surface area contributed by atoms with Gasteiger partial charge in [-0.05, 0) is 38.3 Å². The Bertz CT molecular complexity index is 473. The van der Waals surface area contributed by atoms with Crippen LogP contribution in [0.3, 0.4) is 0 Å². The minimum Gasteiger partial charge on any atom is -0.352 e. The van der Waals surface area contributed by atoms with Crippen LogP contribution in [0.4, 0.5) is 5.82 Å². The lowest BCUT2D eigenvalue weighted by Crippen LogP contribution is -2.45. The van der Waals surface area contributed by atoms with E-state index in [0.717, 1.165) is 24.9 Å². The Balaban J connectivity index is 1.71. The van der Waals surface area contributed by atoms with Crippen LogP contribution in [-0.4, -0.2) is 34.6 Å². The summed E-state index contributed by atoms with van der Waals surface area (Å²) in [5.41, 5.74) is 2.52. The summed E-state index contributed by atoms with van der Waals surface area (Å²) in [7, 11) is 0. The average molecular weight is 291 g/mol. The van der Waals surface area contributed by atoms with Crippen molar-refractivity contribution in [1.29, 1.82) is 0 Å². The van der Waals surface area contributed by atoms with Crippen molar-refractivity contribution in [2.24, 2.45) is 0 Å². The Morgan fingerprint density at radius 2 is 2.15 bits per heavy atom. The summed E-state index contributed by atoms with van der Waals surface area (Å²) in [6.07, 6.45) is 2.68. The molecule has 0 spiro atoms. The third-order valence-electron chi connectivity index (χ3n) is 4.52. The van der Waals surface area contributed by atoms with Crippen LogP contribution >= 0.6 is 11.8 Å². The number of anilines is 1. The molecule has 0 amide bonds. The van der Waals surface area contributed by atoms with Crippen LogP contribution < -0.4 is 10.2 Å². The summed E-state index contributed by atoms with van der Waals surface area (Å²) < 4.78 is 0. The fourth-order valence-corrected chi connectivity index (χ4v) is 3.82. The third-order valence-corrected chi connectivity index (χ3v) is 5.86. The second kappa shape index (κ2) is 5.94. The first kappa shape index (κ1) is 14.2. The van der Waals surface area contributed by atoms with E-state index in [2.05, 4.69) is 54.9 Å². The predicted octanol–water partition coefficient (Wildman–Crippen LogP) is 2.97. The number of hydrogen-bond donors (Lipinski definition) is 1. The molecule has 2 atom stereocenters. The van der Waals surface area contributed by atoms with Crippen molar-refractivity contribution < 1.29 is 0 Å². The molecule has 2 unspecified atom stereocenters. The summed E-state index contributed by atoms with van der Waals surface area (Å²) in [6, 6.07) is 5.78. The van der Waals surface area contributed by atoms with E-state index in [1.807, 2.05) is 0 Å². The molecule has 3 nitrogen and oxygen atoms in total. The number of rotatable bonds is 4. The van der Waals surface area contributed by atoms with Crippen molar-refractivity contribution in [3.05, 3.63) is 23.4 Å². The van der Waals surface area contributed by atoms with Crippen LogP contribution in [0.15, 0.2) is 12.1 Å². The topological polar surface area (TPSA) is 28.2 Å². The number of aromatic nitrogens is 1. The number of nitrogens with zero attached hydrogens (tertiary/aromatic N) is 2. The van der Waals surface area contributed by atoms with Crippen molar-refractivity contribution in [1.82, 2.24) is 10.3 Å². The maximum Gasteiger partial charge on any atom is 0.129 e. The van der Waals surface area contributed by atoms with Gasteiger partial charge in [-0.15, -0.1) is 0 Å². The number of thioether (sulfide) groups is 1. The van der Waals surface area contributed by atoms with E-state index < -0.39 is 0 Å². The number of hydrogen-bond acceptors (Lipinski definition) is 4. The van der Waals surface area contributed by atoms with Gasteiger partial charge in [-0.3, -0.25) is 0 Å². The highest BCUT2D eigenvalue weighted by molar-refractivity contribution is 8.00. The molecule has 2 aliphatic rings. The minimum absolute atomic E-state index is 0.566. The van der Waals surface area contributed by atoms with Gasteiger partial charge in [0.15, 0.2) is 0 Å². The van der Waals surface area contributed by atoms with Crippen LogP contribution in [0.2, 0.25) is 0 Å². The first-order chi connectivity index (χ1) is 9.65.